The molecule has 0 radical (unpaired) electrons. The van der Waals surface area contributed by atoms with Gasteiger partial charge in [0.25, 0.3) is 5.56 Å². The molecule has 94 valence electrons. The Labute approximate surface area is 101 Å². The summed E-state index contributed by atoms with van der Waals surface area (Å²) in [6, 6.07) is 1.66. The zero-order valence-corrected chi connectivity index (χ0v) is 9.54. The molecule has 2 rings (SSSR count). The molecular formula is C10H11N5O3. The highest BCUT2D eigenvalue weighted by atomic mass is 16.4. The third-order valence-electron chi connectivity index (χ3n) is 2.33. The summed E-state index contributed by atoms with van der Waals surface area (Å²) >= 11 is 0. The lowest BCUT2D eigenvalue weighted by Gasteiger charge is -2.03. The number of nitrogens with zero attached hydrogens (tertiary/aromatic N) is 3. The molecule has 0 bridgehead atoms. The number of carboxylic acids is 1. The maximum Gasteiger partial charge on any atom is 0.308 e. The number of H-pyrrole nitrogens is 1. The molecule has 4 N–H and O–H groups in total. The molecule has 18 heavy (non-hydrogen) atoms. The topological polar surface area (TPSA) is 127 Å². The summed E-state index contributed by atoms with van der Waals surface area (Å²) in [7, 11) is 1.73. The van der Waals surface area contributed by atoms with Crippen LogP contribution in [0.25, 0.3) is 11.5 Å². The van der Waals surface area contributed by atoms with Gasteiger partial charge in [-0.25, -0.2) is 4.98 Å². The van der Waals surface area contributed by atoms with Gasteiger partial charge in [-0.05, 0) is 6.07 Å². The average molecular weight is 249 g/mol. The van der Waals surface area contributed by atoms with Crippen molar-refractivity contribution in [2.45, 2.75) is 6.42 Å². The molecule has 0 saturated carbocycles. The number of hydrogen-bond acceptors (Lipinski definition) is 5. The predicted molar refractivity (Wildman–Crippen MR) is 62.8 cm³/mol. The van der Waals surface area contributed by atoms with Crippen LogP contribution in [0.15, 0.2) is 17.1 Å². The Kier molecular flexibility index (Phi) is 2.84. The van der Waals surface area contributed by atoms with Gasteiger partial charge in [-0.15, -0.1) is 0 Å². The number of nitrogens with one attached hydrogen (secondary N) is 1. The fourth-order valence-electron chi connectivity index (χ4n) is 1.50. The summed E-state index contributed by atoms with van der Waals surface area (Å²) in [5.41, 5.74) is 5.43. The number of hydrogen-bond donors (Lipinski definition) is 3. The van der Waals surface area contributed by atoms with E-state index in [-0.39, 0.29) is 17.2 Å². The third kappa shape index (κ3) is 2.21. The van der Waals surface area contributed by atoms with E-state index < -0.39 is 17.9 Å². The second-order valence-corrected chi connectivity index (χ2v) is 3.72. The van der Waals surface area contributed by atoms with E-state index in [4.69, 9.17) is 10.8 Å². The predicted octanol–water partition coefficient (Wildman–Crippen LogP) is -0.620. The number of anilines is 1. The zero-order chi connectivity index (χ0) is 13.3. The molecule has 0 atom stereocenters. The van der Waals surface area contributed by atoms with E-state index in [1.165, 1.54) is 0 Å². The number of carbonyl (C=O) groups is 1. The van der Waals surface area contributed by atoms with E-state index in [0.29, 0.717) is 5.69 Å². The summed E-state index contributed by atoms with van der Waals surface area (Å²) in [5, 5.41) is 12.7. The molecule has 0 aliphatic heterocycles. The summed E-state index contributed by atoms with van der Waals surface area (Å²) in [5.74, 6) is -1.02. The van der Waals surface area contributed by atoms with Crippen LogP contribution in [0, 0.1) is 0 Å². The van der Waals surface area contributed by atoms with Crippen molar-refractivity contribution in [2.24, 2.45) is 7.05 Å². The lowest BCUT2D eigenvalue weighted by atomic mass is 10.2. The second kappa shape index (κ2) is 4.32. The van der Waals surface area contributed by atoms with Crippen molar-refractivity contribution in [3.8, 4) is 11.5 Å². The Morgan fingerprint density at radius 2 is 2.33 bits per heavy atom. The molecule has 0 amide bonds. The molecule has 2 aromatic heterocycles. The second-order valence-electron chi connectivity index (χ2n) is 3.72. The van der Waals surface area contributed by atoms with Gasteiger partial charge in [0.2, 0.25) is 0 Å². The monoisotopic (exact) mass is 249 g/mol. The Bertz CT molecular complexity index is 658. The van der Waals surface area contributed by atoms with Crippen LogP contribution < -0.4 is 11.3 Å². The van der Waals surface area contributed by atoms with E-state index in [9.17, 15) is 9.59 Å². The summed E-state index contributed by atoms with van der Waals surface area (Å²) in [6.07, 6.45) is 1.23. The normalized spacial score (nSPS) is 10.5. The first-order valence-electron chi connectivity index (χ1n) is 5.08. The van der Waals surface area contributed by atoms with E-state index in [1.54, 1.807) is 24.0 Å². The molecular weight excluding hydrogens is 238 g/mol. The molecule has 0 fully saturated rings. The first-order valence-corrected chi connectivity index (χ1v) is 5.08. The standard InChI is InChI=1S/C10H11N5O3/c1-15-3-2-6(14-15)9-12-8(11)5(4-7(16)17)10(18)13-9/h2-3H,4H2,1H3,(H,16,17)(H3,11,12,13,18). The minimum Gasteiger partial charge on any atom is -0.481 e. The number of aromatic nitrogens is 4. The molecule has 0 aliphatic rings. The minimum absolute atomic E-state index is 0.0535. The Hall–Kier alpha value is -2.64. The first-order chi connectivity index (χ1) is 8.47. The van der Waals surface area contributed by atoms with Gasteiger partial charge < -0.3 is 15.8 Å². The van der Waals surface area contributed by atoms with Crippen molar-refractivity contribution in [1.82, 2.24) is 19.7 Å². The van der Waals surface area contributed by atoms with Gasteiger partial charge in [0, 0.05) is 13.2 Å². The molecule has 0 spiro atoms. The van der Waals surface area contributed by atoms with E-state index in [2.05, 4.69) is 15.1 Å². The maximum atomic E-state index is 11.7. The molecule has 0 aromatic carbocycles. The molecule has 0 saturated heterocycles. The Morgan fingerprint density at radius 3 is 2.83 bits per heavy atom. The Morgan fingerprint density at radius 1 is 1.61 bits per heavy atom. The van der Waals surface area contributed by atoms with Crippen LogP contribution in [0.2, 0.25) is 0 Å². The van der Waals surface area contributed by atoms with Gasteiger partial charge in [0.05, 0.1) is 12.0 Å². The van der Waals surface area contributed by atoms with Gasteiger partial charge in [-0.2, -0.15) is 5.10 Å². The van der Waals surface area contributed by atoms with Gasteiger partial charge in [-0.1, -0.05) is 0 Å². The van der Waals surface area contributed by atoms with Crippen LogP contribution in [-0.4, -0.2) is 30.8 Å². The third-order valence-corrected chi connectivity index (χ3v) is 2.33. The van der Waals surface area contributed by atoms with Crippen molar-refractivity contribution < 1.29 is 9.90 Å². The quantitative estimate of drug-likeness (QED) is 0.665. The number of rotatable bonds is 3. The summed E-state index contributed by atoms with van der Waals surface area (Å²) in [6.45, 7) is 0. The summed E-state index contributed by atoms with van der Waals surface area (Å²) < 4.78 is 1.55. The highest BCUT2D eigenvalue weighted by molar-refractivity contribution is 5.72. The van der Waals surface area contributed by atoms with Crippen LogP contribution >= 0.6 is 0 Å². The molecule has 2 heterocycles. The van der Waals surface area contributed by atoms with Crippen molar-refractivity contribution in [1.29, 1.82) is 0 Å². The van der Waals surface area contributed by atoms with Crippen molar-refractivity contribution in [3.05, 3.63) is 28.2 Å². The lowest BCUT2D eigenvalue weighted by molar-refractivity contribution is -0.136. The van der Waals surface area contributed by atoms with Gasteiger partial charge in [-0.3, -0.25) is 14.3 Å². The first kappa shape index (κ1) is 11.8. The van der Waals surface area contributed by atoms with Crippen LogP contribution in [0.4, 0.5) is 5.82 Å². The fourth-order valence-corrected chi connectivity index (χ4v) is 1.50. The van der Waals surface area contributed by atoms with Crippen LogP contribution in [0.5, 0.6) is 0 Å². The molecule has 8 nitrogen and oxygen atoms in total. The number of nitrogen functional groups attached to an aromatic ring is 1. The number of carboxylic acid groups (broad SMARTS) is 1. The van der Waals surface area contributed by atoms with E-state index >= 15 is 0 Å². The molecule has 2 aromatic rings. The van der Waals surface area contributed by atoms with Crippen LogP contribution in [0.3, 0.4) is 0 Å². The fraction of sp³-hybridized carbons (Fsp3) is 0.200. The van der Waals surface area contributed by atoms with Crippen molar-refractivity contribution in [3.63, 3.8) is 0 Å². The van der Waals surface area contributed by atoms with Crippen LogP contribution in [0.1, 0.15) is 5.56 Å². The number of aromatic amines is 1. The SMILES string of the molecule is Cn1ccc(-c2nc(N)c(CC(=O)O)c(=O)[nH]2)n1. The number of aliphatic carboxylic acids is 1. The van der Waals surface area contributed by atoms with Gasteiger partial charge in [0.1, 0.15) is 11.5 Å². The lowest BCUT2D eigenvalue weighted by Crippen LogP contribution is -2.21. The highest BCUT2D eigenvalue weighted by Gasteiger charge is 2.14. The largest absolute Gasteiger partial charge is 0.481 e. The maximum absolute atomic E-state index is 11.7. The minimum atomic E-state index is -1.14. The summed E-state index contributed by atoms with van der Waals surface area (Å²) in [4.78, 5) is 28.7. The zero-order valence-electron chi connectivity index (χ0n) is 9.54. The van der Waals surface area contributed by atoms with Gasteiger partial charge in [0.15, 0.2) is 5.82 Å². The van der Waals surface area contributed by atoms with Crippen molar-refractivity contribution in [2.75, 3.05) is 5.73 Å². The van der Waals surface area contributed by atoms with E-state index in [1.807, 2.05) is 0 Å². The highest BCUT2D eigenvalue weighted by Crippen LogP contribution is 2.13. The van der Waals surface area contributed by atoms with Gasteiger partial charge >= 0.3 is 5.97 Å². The van der Waals surface area contributed by atoms with Crippen molar-refractivity contribution >= 4 is 11.8 Å². The molecule has 8 heteroatoms. The smallest absolute Gasteiger partial charge is 0.308 e. The number of aryl methyl sites for hydroxylation is 1. The van der Waals surface area contributed by atoms with E-state index in [0.717, 1.165) is 0 Å². The molecule has 0 aliphatic carbocycles. The number of nitrogens with two attached hydrogens (primary N) is 1. The Balaban J connectivity index is 2.48. The average Bonchev–Trinajstić information content (AvgIpc) is 2.70. The van der Waals surface area contributed by atoms with Crippen LogP contribution in [-0.2, 0) is 18.3 Å². The molecule has 0 unspecified atom stereocenters.